The number of alkyl halides is 3. The number of aryl methyl sites for hydroxylation is 2. The number of carbonyl (C=O) groups is 1. The third kappa shape index (κ3) is 5.52. The second-order valence-electron chi connectivity index (χ2n) is 6.60. The van der Waals surface area contributed by atoms with E-state index in [2.05, 4.69) is 21.6 Å². The quantitative estimate of drug-likeness (QED) is 0.472. The topological polar surface area (TPSA) is 54.9 Å². The molecule has 0 radical (unpaired) electrons. The van der Waals surface area contributed by atoms with Crippen LogP contribution in [-0.4, -0.2) is 21.9 Å². The Bertz CT molecular complexity index is 1070. The average molecular weight is 452 g/mol. The van der Waals surface area contributed by atoms with E-state index in [1.165, 1.54) is 0 Å². The Labute approximate surface area is 180 Å². The van der Waals surface area contributed by atoms with E-state index in [-0.39, 0.29) is 16.5 Å². The number of rotatable bonds is 5. The summed E-state index contributed by atoms with van der Waals surface area (Å²) in [6, 6.07) is 12.4. The van der Waals surface area contributed by atoms with Crippen molar-refractivity contribution in [1.29, 1.82) is 0 Å². The van der Waals surface area contributed by atoms with E-state index >= 15 is 0 Å². The van der Waals surface area contributed by atoms with Crippen molar-refractivity contribution in [1.82, 2.24) is 10.2 Å². The number of hydrogen-bond donors (Lipinski definition) is 1. The molecule has 0 spiro atoms. The molecule has 1 N–H and O–H groups in total. The highest BCUT2D eigenvalue weighted by Gasteiger charge is 2.31. The maximum atomic E-state index is 12.8. The Morgan fingerprint density at radius 2 is 1.83 bits per heavy atom. The van der Waals surface area contributed by atoms with E-state index in [1.807, 2.05) is 32.0 Å². The summed E-state index contributed by atoms with van der Waals surface area (Å²) in [7, 11) is 0. The number of aromatic nitrogens is 2. The molecule has 0 atom stereocenters. The van der Waals surface area contributed by atoms with Crippen LogP contribution < -0.4 is 5.32 Å². The maximum Gasteiger partial charge on any atom is 0.416 e. The summed E-state index contributed by atoms with van der Waals surface area (Å²) >= 11 is 7.02. The molecule has 9 heteroatoms. The lowest BCUT2D eigenvalue weighted by Crippen LogP contribution is -2.15. The minimum atomic E-state index is -4.52. The first-order chi connectivity index (χ1) is 14.1. The standard InChI is InChI=1S/C21H17ClF3N3OS/c1-12-3-5-15(13(2)9-12)17-7-8-20(28-27-17)30-11-19(29)26-18-10-14(21(23,24)25)4-6-16(18)22/h3-10H,11H2,1-2H3,(H,26,29). The van der Waals surface area contributed by atoms with Gasteiger partial charge in [-0.3, -0.25) is 4.79 Å². The highest BCUT2D eigenvalue weighted by atomic mass is 35.5. The molecule has 1 aromatic heterocycles. The Balaban J connectivity index is 1.63. The van der Waals surface area contributed by atoms with Crippen molar-refractivity contribution in [3.8, 4) is 11.3 Å². The number of amides is 1. The maximum absolute atomic E-state index is 12.8. The number of halogens is 4. The molecule has 1 heterocycles. The van der Waals surface area contributed by atoms with Gasteiger partial charge in [0.05, 0.1) is 27.7 Å². The van der Waals surface area contributed by atoms with Gasteiger partial charge in [0.15, 0.2) is 0 Å². The van der Waals surface area contributed by atoms with Crippen molar-refractivity contribution in [3.05, 3.63) is 70.2 Å². The fourth-order valence-electron chi connectivity index (χ4n) is 2.76. The normalized spacial score (nSPS) is 11.4. The summed E-state index contributed by atoms with van der Waals surface area (Å²) in [4.78, 5) is 12.1. The van der Waals surface area contributed by atoms with Crippen LogP contribution in [0.5, 0.6) is 0 Å². The second kappa shape index (κ2) is 9.06. The van der Waals surface area contributed by atoms with Crippen molar-refractivity contribution >= 4 is 35.0 Å². The number of nitrogens with zero attached hydrogens (tertiary/aromatic N) is 2. The number of hydrogen-bond acceptors (Lipinski definition) is 4. The van der Waals surface area contributed by atoms with E-state index in [0.717, 1.165) is 52.3 Å². The summed E-state index contributed by atoms with van der Waals surface area (Å²) in [6.07, 6.45) is -4.52. The highest BCUT2D eigenvalue weighted by molar-refractivity contribution is 7.99. The van der Waals surface area contributed by atoms with E-state index in [1.54, 1.807) is 6.07 Å². The zero-order valence-corrected chi connectivity index (χ0v) is 17.6. The van der Waals surface area contributed by atoms with Crippen LogP contribution in [0.4, 0.5) is 18.9 Å². The molecular formula is C21H17ClF3N3OS. The lowest BCUT2D eigenvalue weighted by Gasteiger charge is -2.11. The Kier molecular flexibility index (Phi) is 6.67. The van der Waals surface area contributed by atoms with Gasteiger partial charge in [-0.1, -0.05) is 47.1 Å². The molecule has 0 saturated carbocycles. The van der Waals surface area contributed by atoms with Gasteiger partial charge in [0.2, 0.25) is 5.91 Å². The molecular weight excluding hydrogens is 435 g/mol. The second-order valence-corrected chi connectivity index (χ2v) is 8.01. The minimum Gasteiger partial charge on any atom is -0.324 e. The first-order valence-corrected chi connectivity index (χ1v) is 10.2. The molecule has 0 unspecified atom stereocenters. The van der Waals surface area contributed by atoms with Gasteiger partial charge >= 0.3 is 6.18 Å². The van der Waals surface area contributed by atoms with Gasteiger partial charge in [0.1, 0.15) is 5.03 Å². The summed E-state index contributed by atoms with van der Waals surface area (Å²) < 4.78 is 38.5. The molecule has 1 amide bonds. The number of benzene rings is 2. The molecule has 3 rings (SSSR count). The van der Waals surface area contributed by atoms with Crippen LogP contribution in [0.2, 0.25) is 5.02 Å². The molecule has 0 aliphatic rings. The molecule has 30 heavy (non-hydrogen) atoms. The number of nitrogens with one attached hydrogen (secondary N) is 1. The monoisotopic (exact) mass is 451 g/mol. The molecule has 0 fully saturated rings. The molecule has 2 aromatic carbocycles. The molecule has 0 aliphatic carbocycles. The van der Waals surface area contributed by atoms with Crippen molar-refractivity contribution in [2.45, 2.75) is 25.0 Å². The van der Waals surface area contributed by atoms with Crippen LogP contribution in [0.3, 0.4) is 0 Å². The van der Waals surface area contributed by atoms with Gasteiger partial charge in [0, 0.05) is 5.56 Å². The van der Waals surface area contributed by atoms with Crippen LogP contribution in [0.15, 0.2) is 53.6 Å². The van der Waals surface area contributed by atoms with Crippen LogP contribution in [0.1, 0.15) is 16.7 Å². The minimum absolute atomic E-state index is 0.0268. The third-order valence-corrected chi connectivity index (χ3v) is 5.47. The third-order valence-electron chi connectivity index (χ3n) is 4.22. The van der Waals surface area contributed by atoms with Gasteiger partial charge in [-0.15, -0.1) is 10.2 Å². The molecule has 156 valence electrons. The smallest absolute Gasteiger partial charge is 0.324 e. The first-order valence-electron chi connectivity index (χ1n) is 8.84. The predicted octanol–water partition coefficient (Wildman–Crippen LogP) is 6.16. The van der Waals surface area contributed by atoms with Gasteiger partial charge in [-0.05, 0) is 49.7 Å². The van der Waals surface area contributed by atoms with Gasteiger partial charge in [-0.25, -0.2) is 0 Å². The van der Waals surface area contributed by atoms with E-state index in [0.29, 0.717) is 5.03 Å². The van der Waals surface area contributed by atoms with Crippen molar-refractivity contribution < 1.29 is 18.0 Å². The largest absolute Gasteiger partial charge is 0.416 e. The fourth-order valence-corrected chi connectivity index (χ4v) is 3.54. The van der Waals surface area contributed by atoms with Gasteiger partial charge in [-0.2, -0.15) is 13.2 Å². The summed E-state index contributed by atoms with van der Waals surface area (Å²) in [6.45, 7) is 4.01. The van der Waals surface area contributed by atoms with E-state index in [9.17, 15) is 18.0 Å². The molecule has 4 nitrogen and oxygen atoms in total. The molecule has 0 aliphatic heterocycles. The van der Waals surface area contributed by atoms with E-state index in [4.69, 9.17) is 11.6 Å². The van der Waals surface area contributed by atoms with Crippen molar-refractivity contribution in [2.24, 2.45) is 0 Å². The summed E-state index contributed by atoms with van der Waals surface area (Å²) in [5.74, 6) is -0.550. The predicted molar refractivity (Wildman–Crippen MR) is 113 cm³/mol. The zero-order chi connectivity index (χ0) is 21.9. The summed E-state index contributed by atoms with van der Waals surface area (Å²) in [5, 5.41) is 11.3. The van der Waals surface area contributed by atoms with Crippen molar-refractivity contribution in [3.63, 3.8) is 0 Å². The summed E-state index contributed by atoms with van der Waals surface area (Å²) in [5.41, 5.74) is 2.96. The Morgan fingerprint density at radius 1 is 1.07 bits per heavy atom. The van der Waals surface area contributed by atoms with E-state index < -0.39 is 17.6 Å². The lowest BCUT2D eigenvalue weighted by atomic mass is 10.0. The van der Waals surface area contributed by atoms with Gasteiger partial charge < -0.3 is 5.32 Å². The number of anilines is 1. The molecule has 0 saturated heterocycles. The SMILES string of the molecule is Cc1ccc(-c2ccc(SCC(=O)Nc3cc(C(F)(F)F)ccc3Cl)nn2)c(C)c1. The Morgan fingerprint density at radius 3 is 2.47 bits per heavy atom. The van der Waals surface area contributed by atoms with Crippen LogP contribution in [0.25, 0.3) is 11.3 Å². The van der Waals surface area contributed by atoms with Crippen LogP contribution in [-0.2, 0) is 11.0 Å². The fraction of sp³-hybridized carbons (Fsp3) is 0.190. The highest BCUT2D eigenvalue weighted by Crippen LogP contribution is 2.34. The van der Waals surface area contributed by atoms with Crippen molar-refractivity contribution in [2.75, 3.05) is 11.1 Å². The Hall–Kier alpha value is -2.58. The zero-order valence-electron chi connectivity index (χ0n) is 16.0. The molecule has 3 aromatic rings. The number of thioether (sulfide) groups is 1. The number of carbonyl (C=O) groups excluding carboxylic acids is 1. The van der Waals surface area contributed by atoms with Gasteiger partial charge in [0.25, 0.3) is 0 Å². The van der Waals surface area contributed by atoms with Crippen LogP contribution >= 0.6 is 23.4 Å². The average Bonchev–Trinajstić information content (AvgIpc) is 2.68. The van der Waals surface area contributed by atoms with Crippen LogP contribution in [0, 0.1) is 13.8 Å². The first kappa shape index (κ1) is 22.1. The lowest BCUT2D eigenvalue weighted by molar-refractivity contribution is -0.137. The molecule has 0 bridgehead atoms.